The summed E-state index contributed by atoms with van der Waals surface area (Å²) >= 11 is 5.91. The molecule has 0 fully saturated rings. The van der Waals surface area contributed by atoms with E-state index in [-0.39, 0.29) is 18.1 Å². The summed E-state index contributed by atoms with van der Waals surface area (Å²) in [5, 5.41) is 3.06. The van der Waals surface area contributed by atoms with Crippen LogP contribution in [-0.4, -0.2) is 11.7 Å². The molecule has 0 saturated heterocycles. The highest BCUT2D eigenvalue weighted by Gasteiger charge is 2.07. The van der Waals surface area contributed by atoms with Crippen molar-refractivity contribution in [2.75, 3.05) is 5.32 Å². The molecule has 1 aromatic rings. The van der Waals surface area contributed by atoms with Gasteiger partial charge in [-0.05, 0) is 31.5 Å². The predicted molar refractivity (Wildman–Crippen MR) is 60.1 cm³/mol. The van der Waals surface area contributed by atoms with E-state index in [9.17, 15) is 9.59 Å². The number of halogens is 1. The Kier molecular flexibility index (Phi) is 3.86. The number of nitrogens with one attached hydrogen (secondary N) is 1. The van der Waals surface area contributed by atoms with Gasteiger partial charge in [-0.3, -0.25) is 9.59 Å². The van der Waals surface area contributed by atoms with Crippen molar-refractivity contribution in [1.82, 2.24) is 0 Å². The zero-order valence-corrected chi connectivity index (χ0v) is 9.39. The second-order valence-electron chi connectivity index (χ2n) is 3.41. The highest BCUT2D eigenvalue weighted by atomic mass is 35.5. The van der Waals surface area contributed by atoms with Crippen molar-refractivity contribution >= 4 is 29.0 Å². The first-order chi connectivity index (χ1) is 6.99. The number of hydrogen-bond acceptors (Lipinski definition) is 2. The number of carbonyl (C=O) groups is 2. The van der Waals surface area contributed by atoms with Crippen molar-refractivity contribution in [3.8, 4) is 0 Å². The normalized spacial score (nSPS) is 9.80. The second kappa shape index (κ2) is 4.94. The van der Waals surface area contributed by atoms with Crippen LogP contribution in [0.25, 0.3) is 0 Å². The quantitative estimate of drug-likeness (QED) is 0.804. The first-order valence-corrected chi connectivity index (χ1v) is 4.92. The Morgan fingerprint density at radius 2 is 2.07 bits per heavy atom. The Balaban J connectivity index is 2.72. The number of carbonyl (C=O) groups excluding carboxylic acids is 2. The zero-order valence-electron chi connectivity index (χ0n) is 8.63. The molecule has 3 nitrogen and oxygen atoms in total. The Labute approximate surface area is 93.4 Å². The Morgan fingerprint density at radius 1 is 1.40 bits per heavy atom. The minimum atomic E-state index is -0.340. The van der Waals surface area contributed by atoms with Crippen LogP contribution >= 0.6 is 11.6 Å². The fourth-order valence-corrected chi connectivity index (χ4v) is 1.42. The highest BCUT2D eigenvalue weighted by molar-refractivity contribution is 6.33. The fourth-order valence-electron chi connectivity index (χ4n) is 1.14. The van der Waals surface area contributed by atoms with E-state index < -0.39 is 0 Å². The van der Waals surface area contributed by atoms with Crippen LogP contribution in [0.4, 0.5) is 5.69 Å². The maximum atomic E-state index is 11.3. The molecule has 0 spiro atoms. The van der Waals surface area contributed by atoms with Crippen LogP contribution in [0.15, 0.2) is 18.2 Å². The molecule has 15 heavy (non-hydrogen) atoms. The summed E-state index contributed by atoms with van der Waals surface area (Å²) in [5.74, 6) is -0.510. The summed E-state index contributed by atoms with van der Waals surface area (Å²) in [4.78, 5) is 22.0. The standard InChI is InChI=1S/C11H12ClNO2/c1-7-3-4-10(9(12)5-7)13-11(15)6-8(2)14/h3-5H,6H2,1-2H3,(H,13,15). The van der Waals surface area contributed by atoms with Gasteiger partial charge in [-0.25, -0.2) is 0 Å². The molecule has 0 atom stereocenters. The lowest BCUT2D eigenvalue weighted by molar-refractivity contribution is -0.124. The minimum absolute atomic E-state index is 0.121. The molecular weight excluding hydrogens is 214 g/mol. The van der Waals surface area contributed by atoms with E-state index in [0.29, 0.717) is 10.7 Å². The van der Waals surface area contributed by atoms with Crippen LogP contribution in [0, 0.1) is 6.92 Å². The summed E-state index contributed by atoms with van der Waals surface area (Å²) in [6, 6.07) is 5.32. The summed E-state index contributed by atoms with van der Waals surface area (Å²) in [6.07, 6.45) is -0.121. The van der Waals surface area contributed by atoms with E-state index in [1.807, 2.05) is 13.0 Å². The zero-order chi connectivity index (χ0) is 11.4. The lowest BCUT2D eigenvalue weighted by Gasteiger charge is -2.06. The molecule has 1 aromatic carbocycles. The Hall–Kier alpha value is -1.35. The molecule has 80 valence electrons. The van der Waals surface area contributed by atoms with E-state index in [1.165, 1.54) is 6.92 Å². The SMILES string of the molecule is CC(=O)CC(=O)Nc1ccc(C)cc1Cl. The van der Waals surface area contributed by atoms with E-state index in [1.54, 1.807) is 12.1 Å². The lowest BCUT2D eigenvalue weighted by Crippen LogP contribution is -2.14. The third-order valence-corrected chi connectivity index (χ3v) is 2.12. The molecule has 0 bridgehead atoms. The fraction of sp³-hybridized carbons (Fsp3) is 0.273. The van der Waals surface area contributed by atoms with Crippen molar-refractivity contribution in [3.63, 3.8) is 0 Å². The lowest BCUT2D eigenvalue weighted by atomic mass is 10.2. The van der Waals surface area contributed by atoms with Crippen LogP contribution in [0.3, 0.4) is 0 Å². The molecule has 1 amide bonds. The van der Waals surface area contributed by atoms with Gasteiger partial charge in [-0.2, -0.15) is 0 Å². The summed E-state index contributed by atoms with van der Waals surface area (Å²) in [6.45, 7) is 3.28. The van der Waals surface area contributed by atoms with Gasteiger partial charge in [0.25, 0.3) is 0 Å². The Bertz CT molecular complexity index is 402. The molecule has 0 heterocycles. The molecule has 4 heteroatoms. The van der Waals surface area contributed by atoms with Gasteiger partial charge in [0.15, 0.2) is 0 Å². The maximum absolute atomic E-state index is 11.3. The molecule has 0 aliphatic heterocycles. The molecule has 0 unspecified atom stereocenters. The molecule has 1 N–H and O–H groups in total. The smallest absolute Gasteiger partial charge is 0.231 e. The van der Waals surface area contributed by atoms with Crippen molar-refractivity contribution < 1.29 is 9.59 Å². The molecule has 0 radical (unpaired) electrons. The van der Waals surface area contributed by atoms with Crippen LogP contribution in [0.5, 0.6) is 0 Å². The van der Waals surface area contributed by atoms with Gasteiger partial charge < -0.3 is 5.32 Å². The van der Waals surface area contributed by atoms with Crippen molar-refractivity contribution in [2.45, 2.75) is 20.3 Å². The number of anilines is 1. The van der Waals surface area contributed by atoms with E-state index in [2.05, 4.69) is 5.32 Å². The van der Waals surface area contributed by atoms with Crippen LogP contribution in [0.2, 0.25) is 5.02 Å². The molecular formula is C11H12ClNO2. The molecule has 0 aliphatic carbocycles. The molecule has 0 aromatic heterocycles. The number of rotatable bonds is 3. The number of amides is 1. The molecule has 1 rings (SSSR count). The van der Waals surface area contributed by atoms with Gasteiger partial charge in [0, 0.05) is 0 Å². The Morgan fingerprint density at radius 3 is 2.60 bits per heavy atom. The van der Waals surface area contributed by atoms with Crippen molar-refractivity contribution in [3.05, 3.63) is 28.8 Å². The van der Waals surface area contributed by atoms with Gasteiger partial charge in [-0.1, -0.05) is 17.7 Å². The summed E-state index contributed by atoms with van der Waals surface area (Å²) in [7, 11) is 0. The van der Waals surface area contributed by atoms with E-state index in [0.717, 1.165) is 5.56 Å². The van der Waals surface area contributed by atoms with Crippen molar-refractivity contribution in [2.24, 2.45) is 0 Å². The van der Waals surface area contributed by atoms with E-state index >= 15 is 0 Å². The molecule has 0 aliphatic rings. The average molecular weight is 226 g/mol. The first kappa shape index (κ1) is 11.7. The highest BCUT2D eigenvalue weighted by Crippen LogP contribution is 2.22. The van der Waals surface area contributed by atoms with Gasteiger partial charge in [0.05, 0.1) is 17.1 Å². The number of Topliss-reactive ketones (excluding diaryl/α,β-unsaturated/α-hetero) is 1. The van der Waals surface area contributed by atoms with Gasteiger partial charge in [-0.15, -0.1) is 0 Å². The van der Waals surface area contributed by atoms with Gasteiger partial charge in [0.2, 0.25) is 5.91 Å². The van der Waals surface area contributed by atoms with Crippen LogP contribution < -0.4 is 5.32 Å². The first-order valence-electron chi connectivity index (χ1n) is 4.54. The number of ketones is 1. The summed E-state index contributed by atoms with van der Waals surface area (Å²) < 4.78 is 0. The van der Waals surface area contributed by atoms with Crippen LogP contribution in [0.1, 0.15) is 18.9 Å². The number of hydrogen-bond donors (Lipinski definition) is 1. The van der Waals surface area contributed by atoms with Crippen molar-refractivity contribution in [1.29, 1.82) is 0 Å². The maximum Gasteiger partial charge on any atom is 0.231 e. The topological polar surface area (TPSA) is 46.2 Å². The van der Waals surface area contributed by atoms with Gasteiger partial charge >= 0.3 is 0 Å². The molecule has 0 saturated carbocycles. The summed E-state index contributed by atoms with van der Waals surface area (Å²) in [5.41, 5.74) is 1.55. The third-order valence-electron chi connectivity index (χ3n) is 1.81. The number of aryl methyl sites for hydroxylation is 1. The predicted octanol–water partition coefficient (Wildman–Crippen LogP) is 2.57. The monoisotopic (exact) mass is 225 g/mol. The average Bonchev–Trinajstić information content (AvgIpc) is 2.08. The third kappa shape index (κ3) is 3.72. The van der Waals surface area contributed by atoms with Crippen LogP contribution in [-0.2, 0) is 9.59 Å². The van der Waals surface area contributed by atoms with E-state index in [4.69, 9.17) is 11.6 Å². The number of benzene rings is 1. The second-order valence-corrected chi connectivity index (χ2v) is 3.82. The largest absolute Gasteiger partial charge is 0.324 e. The minimum Gasteiger partial charge on any atom is -0.324 e. The van der Waals surface area contributed by atoms with Gasteiger partial charge in [0.1, 0.15) is 5.78 Å².